The number of sulfonamides is 1. The molecule has 0 heterocycles. The Morgan fingerprint density at radius 1 is 0.905 bits per heavy atom. The fraction of sp³-hybridized carbons (Fsp3) is 0.375. The third kappa shape index (κ3) is 8.03. The molecule has 0 saturated carbocycles. The number of methoxy groups -OCH3 is 2. The third-order valence-corrected chi connectivity index (χ3v) is 8.70. The van der Waals surface area contributed by atoms with E-state index in [1.807, 2.05) is 45.0 Å². The SMILES string of the molecule is CCCCNC(=O)[C@@H](CC)N(Cc1cccc(C)c1)C(=O)CN(c1ccc(OC)c(OC)c1)S(=O)(=O)c1ccccc1. The van der Waals surface area contributed by atoms with Crippen LogP contribution in [0.1, 0.15) is 44.2 Å². The lowest BCUT2D eigenvalue weighted by atomic mass is 10.1. The van der Waals surface area contributed by atoms with Gasteiger partial charge in [-0.2, -0.15) is 0 Å². The molecular formula is C32H41N3O6S. The van der Waals surface area contributed by atoms with Gasteiger partial charge in [0.05, 0.1) is 24.8 Å². The molecule has 2 amide bonds. The molecule has 0 saturated heterocycles. The van der Waals surface area contributed by atoms with Crippen molar-refractivity contribution in [1.82, 2.24) is 10.2 Å². The van der Waals surface area contributed by atoms with Crippen LogP contribution in [0.25, 0.3) is 0 Å². The van der Waals surface area contributed by atoms with Crippen molar-refractivity contribution < 1.29 is 27.5 Å². The van der Waals surface area contributed by atoms with Crippen molar-refractivity contribution in [3.8, 4) is 11.5 Å². The molecule has 9 nitrogen and oxygen atoms in total. The van der Waals surface area contributed by atoms with Crippen LogP contribution in [-0.4, -0.2) is 58.5 Å². The van der Waals surface area contributed by atoms with Gasteiger partial charge in [0.25, 0.3) is 10.0 Å². The first-order valence-corrected chi connectivity index (χ1v) is 15.5. The van der Waals surface area contributed by atoms with E-state index in [0.717, 1.165) is 28.3 Å². The minimum Gasteiger partial charge on any atom is -0.493 e. The van der Waals surface area contributed by atoms with Crippen LogP contribution in [-0.2, 0) is 26.2 Å². The number of nitrogens with zero attached hydrogens (tertiary/aromatic N) is 2. The molecule has 226 valence electrons. The van der Waals surface area contributed by atoms with Crippen LogP contribution in [0.5, 0.6) is 11.5 Å². The number of hydrogen-bond donors (Lipinski definition) is 1. The maximum absolute atomic E-state index is 14.2. The van der Waals surface area contributed by atoms with Crippen LogP contribution >= 0.6 is 0 Å². The highest BCUT2D eigenvalue weighted by molar-refractivity contribution is 7.92. The van der Waals surface area contributed by atoms with Crippen LogP contribution < -0.4 is 19.1 Å². The van der Waals surface area contributed by atoms with Gasteiger partial charge in [-0.15, -0.1) is 0 Å². The maximum atomic E-state index is 14.2. The number of nitrogens with one attached hydrogen (secondary N) is 1. The van der Waals surface area contributed by atoms with E-state index in [0.29, 0.717) is 24.5 Å². The zero-order valence-electron chi connectivity index (χ0n) is 25.0. The second-order valence-electron chi connectivity index (χ2n) is 9.94. The topological polar surface area (TPSA) is 105 Å². The van der Waals surface area contributed by atoms with Crippen LogP contribution in [0.3, 0.4) is 0 Å². The molecule has 1 N–H and O–H groups in total. The summed E-state index contributed by atoms with van der Waals surface area (Å²) in [6.07, 6.45) is 2.09. The van der Waals surface area contributed by atoms with Crippen LogP contribution in [0.4, 0.5) is 5.69 Å². The minimum absolute atomic E-state index is 0.0298. The number of amides is 2. The number of anilines is 1. The number of rotatable bonds is 15. The van der Waals surface area contributed by atoms with E-state index < -0.39 is 28.5 Å². The van der Waals surface area contributed by atoms with Crippen LogP contribution in [0.2, 0.25) is 0 Å². The quantitative estimate of drug-likeness (QED) is 0.250. The smallest absolute Gasteiger partial charge is 0.264 e. The van der Waals surface area contributed by atoms with Gasteiger partial charge in [-0.1, -0.05) is 68.3 Å². The Morgan fingerprint density at radius 2 is 1.62 bits per heavy atom. The highest BCUT2D eigenvalue weighted by atomic mass is 32.2. The van der Waals surface area contributed by atoms with E-state index in [-0.39, 0.29) is 23.0 Å². The Kier molecular flexibility index (Phi) is 11.8. The van der Waals surface area contributed by atoms with Gasteiger partial charge in [0, 0.05) is 19.2 Å². The van der Waals surface area contributed by atoms with Gasteiger partial charge in [-0.3, -0.25) is 13.9 Å². The normalized spacial score (nSPS) is 11.8. The largest absolute Gasteiger partial charge is 0.493 e. The summed E-state index contributed by atoms with van der Waals surface area (Å²) in [6.45, 7) is 5.94. The number of hydrogen-bond acceptors (Lipinski definition) is 6. The second-order valence-corrected chi connectivity index (χ2v) is 11.8. The van der Waals surface area contributed by atoms with Crippen LogP contribution in [0.15, 0.2) is 77.7 Å². The van der Waals surface area contributed by atoms with Gasteiger partial charge < -0.3 is 19.7 Å². The standard InChI is InChI=1S/C32H41N3O6S/c1-6-8-19-33-32(37)28(7-2)34(22-25-14-12-13-24(3)20-25)31(36)23-35(42(38,39)27-15-10-9-11-16-27)26-17-18-29(40-4)30(21-26)41-5/h9-18,20-21,28H,6-8,19,22-23H2,1-5H3,(H,33,37)/t28-/m1/s1. The third-order valence-electron chi connectivity index (χ3n) is 6.92. The second kappa shape index (κ2) is 15.3. The lowest BCUT2D eigenvalue weighted by molar-refractivity contribution is -0.140. The van der Waals surface area contributed by atoms with Gasteiger partial charge in [0.1, 0.15) is 12.6 Å². The fourth-order valence-corrected chi connectivity index (χ4v) is 6.09. The highest BCUT2D eigenvalue weighted by Crippen LogP contribution is 2.34. The van der Waals surface area contributed by atoms with Gasteiger partial charge in [-0.05, 0) is 49.6 Å². The predicted octanol–water partition coefficient (Wildman–Crippen LogP) is 4.93. The number of carbonyl (C=O) groups excluding carboxylic acids is 2. The summed E-state index contributed by atoms with van der Waals surface area (Å²) in [5.74, 6) is -0.0478. The van der Waals surface area contributed by atoms with Crippen LogP contribution in [0, 0.1) is 6.92 Å². The van der Waals surface area contributed by atoms with Crippen molar-refractivity contribution in [2.45, 2.75) is 57.5 Å². The van der Waals surface area contributed by atoms with Gasteiger partial charge in [0.15, 0.2) is 11.5 Å². The lowest BCUT2D eigenvalue weighted by Crippen LogP contribution is -2.52. The van der Waals surface area contributed by atoms with Gasteiger partial charge >= 0.3 is 0 Å². The molecule has 3 aromatic carbocycles. The minimum atomic E-state index is -4.19. The Morgan fingerprint density at radius 3 is 2.24 bits per heavy atom. The molecule has 0 bridgehead atoms. The molecule has 0 aliphatic carbocycles. The van der Waals surface area contributed by atoms with E-state index in [1.165, 1.54) is 37.3 Å². The Bertz CT molecular complexity index is 1450. The Balaban J connectivity index is 2.08. The Labute approximate surface area is 249 Å². The monoisotopic (exact) mass is 595 g/mol. The molecule has 0 radical (unpaired) electrons. The first-order valence-electron chi connectivity index (χ1n) is 14.1. The summed E-state index contributed by atoms with van der Waals surface area (Å²) in [6, 6.07) is 19.5. The molecule has 0 aromatic heterocycles. The molecule has 10 heteroatoms. The molecule has 0 aliphatic heterocycles. The average molecular weight is 596 g/mol. The molecule has 0 fully saturated rings. The van der Waals surface area contributed by atoms with E-state index in [2.05, 4.69) is 5.32 Å². The van der Waals surface area contributed by atoms with Gasteiger partial charge in [0.2, 0.25) is 11.8 Å². The van der Waals surface area contributed by atoms with E-state index in [1.54, 1.807) is 30.3 Å². The molecule has 1 atom stereocenters. The van der Waals surface area contributed by atoms with E-state index in [4.69, 9.17) is 9.47 Å². The first kappa shape index (κ1) is 32.5. The van der Waals surface area contributed by atoms with E-state index >= 15 is 0 Å². The number of aryl methyl sites for hydroxylation is 1. The molecule has 3 rings (SSSR count). The summed E-state index contributed by atoms with van der Waals surface area (Å²) >= 11 is 0. The van der Waals surface area contributed by atoms with E-state index in [9.17, 15) is 18.0 Å². The molecule has 42 heavy (non-hydrogen) atoms. The number of carbonyl (C=O) groups is 2. The van der Waals surface area contributed by atoms with Crippen molar-refractivity contribution in [3.63, 3.8) is 0 Å². The molecule has 3 aromatic rings. The number of ether oxygens (including phenoxy) is 2. The highest BCUT2D eigenvalue weighted by Gasteiger charge is 2.34. The summed E-state index contributed by atoms with van der Waals surface area (Å²) in [5, 5.41) is 2.94. The summed E-state index contributed by atoms with van der Waals surface area (Å²) in [5.41, 5.74) is 2.08. The molecular weight excluding hydrogens is 554 g/mol. The van der Waals surface area contributed by atoms with Crippen molar-refractivity contribution >= 4 is 27.5 Å². The summed E-state index contributed by atoms with van der Waals surface area (Å²) in [4.78, 5) is 29.0. The van der Waals surface area contributed by atoms with Crippen molar-refractivity contribution in [2.75, 3.05) is 31.6 Å². The lowest BCUT2D eigenvalue weighted by Gasteiger charge is -2.33. The van der Waals surface area contributed by atoms with Crippen molar-refractivity contribution in [2.24, 2.45) is 0 Å². The zero-order chi connectivity index (χ0) is 30.7. The first-order chi connectivity index (χ1) is 20.2. The number of unbranched alkanes of at least 4 members (excludes halogenated alkanes) is 1. The maximum Gasteiger partial charge on any atom is 0.264 e. The summed E-state index contributed by atoms with van der Waals surface area (Å²) < 4.78 is 39.8. The Hall–Kier alpha value is -4.05. The zero-order valence-corrected chi connectivity index (χ0v) is 25.8. The van der Waals surface area contributed by atoms with Crippen molar-refractivity contribution in [3.05, 3.63) is 83.9 Å². The van der Waals surface area contributed by atoms with Gasteiger partial charge in [-0.25, -0.2) is 8.42 Å². The fourth-order valence-electron chi connectivity index (χ4n) is 4.66. The predicted molar refractivity (Wildman–Crippen MR) is 164 cm³/mol. The summed E-state index contributed by atoms with van der Waals surface area (Å²) in [7, 11) is -1.25. The molecule has 0 spiro atoms. The molecule has 0 unspecified atom stereocenters. The molecule has 0 aliphatic rings. The number of benzene rings is 3. The van der Waals surface area contributed by atoms with Crippen molar-refractivity contribution in [1.29, 1.82) is 0 Å². The average Bonchev–Trinajstić information content (AvgIpc) is 2.99.